The summed E-state index contributed by atoms with van der Waals surface area (Å²) in [4.78, 5) is 40.5. The second-order valence-corrected chi connectivity index (χ2v) is 6.28. The maximum absolute atomic E-state index is 12.3. The lowest BCUT2D eigenvalue weighted by Gasteiger charge is -2.16. The summed E-state index contributed by atoms with van der Waals surface area (Å²) in [6, 6.07) is 0. The summed E-state index contributed by atoms with van der Waals surface area (Å²) in [7, 11) is 6.79. The summed E-state index contributed by atoms with van der Waals surface area (Å²) in [6.07, 6.45) is 0.693. The van der Waals surface area contributed by atoms with Crippen LogP contribution >= 0.6 is 0 Å². The summed E-state index contributed by atoms with van der Waals surface area (Å²) in [5.41, 5.74) is -1.35. The maximum atomic E-state index is 12.3. The average Bonchev–Trinajstić information content (AvgIpc) is 2.95. The number of H-pyrrole nitrogens is 1. The Bertz CT molecular complexity index is 711. The molecule has 1 fully saturated rings. The van der Waals surface area contributed by atoms with Crippen molar-refractivity contribution >= 4 is 5.78 Å². The van der Waals surface area contributed by atoms with E-state index >= 15 is 0 Å². The zero-order valence-corrected chi connectivity index (χ0v) is 15.0. The number of aromatic amines is 1. The third kappa shape index (κ3) is 4.63. The zero-order chi connectivity index (χ0) is 18.6. The van der Waals surface area contributed by atoms with Crippen molar-refractivity contribution in [3.8, 4) is 0 Å². The Morgan fingerprint density at radius 1 is 1.40 bits per heavy atom. The van der Waals surface area contributed by atoms with Gasteiger partial charge in [-0.3, -0.25) is 19.1 Å². The third-order valence-electron chi connectivity index (χ3n) is 4.18. The van der Waals surface area contributed by atoms with Gasteiger partial charge in [-0.25, -0.2) is 4.79 Å². The van der Waals surface area contributed by atoms with Crippen LogP contribution in [-0.4, -0.2) is 73.9 Å². The summed E-state index contributed by atoms with van der Waals surface area (Å²) >= 11 is 0. The van der Waals surface area contributed by atoms with Crippen molar-refractivity contribution in [2.45, 2.75) is 31.3 Å². The van der Waals surface area contributed by atoms with E-state index in [1.54, 1.807) is 14.2 Å². The van der Waals surface area contributed by atoms with Crippen LogP contribution in [0.2, 0.25) is 0 Å². The fourth-order valence-corrected chi connectivity index (χ4v) is 2.79. The lowest BCUT2D eigenvalue weighted by Crippen LogP contribution is -2.36. The lowest BCUT2D eigenvalue weighted by atomic mass is 10.1. The second-order valence-electron chi connectivity index (χ2n) is 6.28. The van der Waals surface area contributed by atoms with Gasteiger partial charge in [-0.05, 0) is 14.1 Å². The van der Waals surface area contributed by atoms with E-state index in [9.17, 15) is 14.4 Å². The first-order valence-electron chi connectivity index (χ1n) is 8.08. The van der Waals surface area contributed by atoms with Gasteiger partial charge in [0.2, 0.25) is 0 Å². The monoisotopic (exact) mass is 355 g/mol. The fraction of sp³-hybridized carbons (Fsp3) is 0.688. The minimum Gasteiger partial charge on any atom is -0.382 e. The van der Waals surface area contributed by atoms with E-state index in [-0.39, 0.29) is 30.0 Å². The molecule has 3 unspecified atom stereocenters. The molecule has 9 heteroatoms. The summed E-state index contributed by atoms with van der Waals surface area (Å²) < 4.78 is 17.5. The molecule has 0 spiro atoms. The van der Waals surface area contributed by atoms with Crippen LogP contribution in [0.5, 0.6) is 0 Å². The molecule has 2 rings (SSSR count). The van der Waals surface area contributed by atoms with Crippen molar-refractivity contribution < 1.29 is 19.0 Å². The fourth-order valence-electron chi connectivity index (χ4n) is 2.79. The average molecular weight is 355 g/mol. The van der Waals surface area contributed by atoms with E-state index in [0.717, 1.165) is 0 Å². The van der Waals surface area contributed by atoms with Gasteiger partial charge >= 0.3 is 5.69 Å². The number of ketones is 1. The Hall–Kier alpha value is -1.81. The van der Waals surface area contributed by atoms with Crippen LogP contribution in [-0.2, 0) is 14.2 Å². The highest BCUT2D eigenvalue weighted by atomic mass is 16.6. The van der Waals surface area contributed by atoms with Gasteiger partial charge in [0.25, 0.3) is 5.56 Å². The molecule has 0 aliphatic carbocycles. The molecule has 1 aromatic rings. The standard InChI is InChI=1S/C16H25N3O6/c1-18(2)6-5-11(20)10-8-19(16(22)17-15(10)21)14-7-12(24-4)13(25-14)9-23-3/h8,12-14H,5-7,9H2,1-4H3,(H,17,21,22). The highest BCUT2D eigenvalue weighted by Gasteiger charge is 2.37. The van der Waals surface area contributed by atoms with Crippen molar-refractivity contribution in [1.29, 1.82) is 0 Å². The lowest BCUT2D eigenvalue weighted by molar-refractivity contribution is -0.0618. The number of Topliss-reactive ketones (excluding diaryl/α,β-unsaturated/α-hetero) is 1. The summed E-state index contributed by atoms with van der Waals surface area (Å²) in [6.45, 7) is 0.834. The number of rotatable bonds is 8. The minimum absolute atomic E-state index is 0.0470. The molecule has 2 heterocycles. The number of ether oxygens (including phenoxy) is 3. The number of methoxy groups -OCH3 is 2. The largest absolute Gasteiger partial charge is 0.382 e. The van der Waals surface area contributed by atoms with Crippen molar-refractivity contribution in [3.05, 3.63) is 32.6 Å². The van der Waals surface area contributed by atoms with Gasteiger partial charge in [-0.1, -0.05) is 0 Å². The van der Waals surface area contributed by atoms with Gasteiger partial charge < -0.3 is 19.1 Å². The number of nitrogens with zero attached hydrogens (tertiary/aromatic N) is 2. The summed E-state index contributed by atoms with van der Waals surface area (Å²) in [5.74, 6) is -0.321. The van der Waals surface area contributed by atoms with Gasteiger partial charge in [0.1, 0.15) is 12.3 Å². The van der Waals surface area contributed by atoms with Gasteiger partial charge in [0, 0.05) is 39.8 Å². The topological polar surface area (TPSA) is 103 Å². The van der Waals surface area contributed by atoms with E-state index in [1.807, 2.05) is 19.0 Å². The molecule has 1 aliphatic rings. The van der Waals surface area contributed by atoms with Crippen LogP contribution in [0.3, 0.4) is 0 Å². The zero-order valence-electron chi connectivity index (χ0n) is 15.0. The number of aromatic nitrogens is 2. The first kappa shape index (κ1) is 19.5. The Kier molecular flexibility index (Phi) is 6.65. The van der Waals surface area contributed by atoms with Gasteiger partial charge in [-0.15, -0.1) is 0 Å². The smallest absolute Gasteiger partial charge is 0.330 e. The molecule has 0 radical (unpaired) electrons. The van der Waals surface area contributed by atoms with Gasteiger partial charge in [0.15, 0.2) is 5.78 Å². The molecule has 3 atom stereocenters. The third-order valence-corrected chi connectivity index (χ3v) is 4.18. The molecule has 1 N–H and O–H groups in total. The van der Waals surface area contributed by atoms with E-state index in [4.69, 9.17) is 14.2 Å². The molecule has 140 valence electrons. The molecule has 9 nitrogen and oxygen atoms in total. The van der Waals surface area contributed by atoms with E-state index in [0.29, 0.717) is 19.6 Å². The number of nitrogens with one attached hydrogen (secondary N) is 1. The number of hydrogen-bond acceptors (Lipinski definition) is 7. The quantitative estimate of drug-likeness (QED) is 0.634. The van der Waals surface area contributed by atoms with Crippen molar-refractivity contribution in [1.82, 2.24) is 14.5 Å². The number of hydrogen-bond donors (Lipinski definition) is 1. The molecule has 1 aliphatic heterocycles. The second kappa shape index (κ2) is 8.52. The SMILES string of the molecule is COCC1OC(n2cc(C(=O)CCN(C)C)c(=O)[nH]c2=O)CC1OC. The number of carbonyl (C=O) groups is 1. The maximum Gasteiger partial charge on any atom is 0.330 e. The molecular formula is C16H25N3O6. The Morgan fingerprint density at radius 2 is 2.12 bits per heavy atom. The summed E-state index contributed by atoms with van der Waals surface area (Å²) in [5, 5.41) is 0. The van der Waals surface area contributed by atoms with Crippen molar-refractivity contribution in [2.24, 2.45) is 0 Å². The molecular weight excluding hydrogens is 330 g/mol. The van der Waals surface area contributed by atoms with Gasteiger partial charge in [-0.2, -0.15) is 0 Å². The van der Waals surface area contributed by atoms with Gasteiger partial charge in [0.05, 0.1) is 18.3 Å². The minimum atomic E-state index is -0.681. The highest BCUT2D eigenvalue weighted by Crippen LogP contribution is 2.29. The predicted molar refractivity (Wildman–Crippen MR) is 90.0 cm³/mol. The Morgan fingerprint density at radius 3 is 2.72 bits per heavy atom. The molecule has 1 saturated heterocycles. The molecule has 25 heavy (non-hydrogen) atoms. The first-order chi connectivity index (χ1) is 11.9. The van der Waals surface area contributed by atoms with Crippen LogP contribution < -0.4 is 11.2 Å². The first-order valence-corrected chi connectivity index (χ1v) is 8.08. The van der Waals surface area contributed by atoms with Crippen LogP contribution in [0.25, 0.3) is 0 Å². The van der Waals surface area contributed by atoms with E-state index < -0.39 is 17.5 Å². The van der Waals surface area contributed by atoms with E-state index in [2.05, 4.69) is 4.98 Å². The van der Waals surface area contributed by atoms with Crippen LogP contribution in [0.1, 0.15) is 29.4 Å². The highest BCUT2D eigenvalue weighted by molar-refractivity contribution is 5.95. The normalized spacial score (nSPS) is 23.3. The van der Waals surface area contributed by atoms with Crippen LogP contribution in [0.15, 0.2) is 15.8 Å². The number of carbonyl (C=O) groups excluding carboxylic acids is 1. The van der Waals surface area contributed by atoms with Crippen LogP contribution in [0, 0.1) is 0 Å². The Labute approximate surface area is 145 Å². The van der Waals surface area contributed by atoms with Crippen LogP contribution in [0.4, 0.5) is 0 Å². The molecule has 0 aromatic carbocycles. The van der Waals surface area contributed by atoms with E-state index in [1.165, 1.54) is 10.8 Å². The van der Waals surface area contributed by atoms with Crippen molar-refractivity contribution in [2.75, 3.05) is 41.5 Å². The predicted octanol–water partition coefficient (Wildman–Crippen LogP) is -0.380. The molecule has 0 saturated carbocycles. The molecule has 0 bridgehead atoms. The molecule has 1 aromatic heterocycles. The molecule has 0 amide bonds. The van der Waals surface area contributed by atoms with Crippen molar-refractivity contribution in [3.63, 3.8) is 0 Å². The Balaban J connectivity index is 2.27.